The first kappa shape index (κ1) is 26.5. The van der Waals surface area contributed by atoms with Crippen molar-refractivity contribution >= 4 is 17.5 Å². The molecule has 38 heavy (non-hydrogen) atoms. The Balaban J connectivity index is 1.72. The maximum absolute atomic E-state index is 13.9. The van der Waals surface area contributed by atoms with Crippen LogP contribution in [0.1, 0.15) is 35.6 Å². The molecule has 9 nitrogen and oxygen atoms in total. The summed E-state index contributed by atoms with van der Waals surface area (Å²) >= 11 is 0. The van der Waals surface area contributed by atoms with E-state index in [1.54, 1.807) is 54.6 Å². The van der Waals surface area contributed by atoms with Gasteiger partial charge < -0.3 is 19.9 Å². The monoisotopic (exact) mass is 511 g/mol. The minimum atomic E-state index is -1.39. The first-order valence-electron chi connectivity index (χ1n) is 12.3. The average Bonchev–Trinajstić information content (AvgIpc) is 3.34. The molecule has 0 bridgehead atoms. The molecule has 0 spiro atoms. The van der Waals surface area contributed by atoms with E-state index in [0.29, 0.717) is 42.1 Å². The number of nitrogens with one attached hydrogen (secondary N) is 1. The van der Waals surface area contributed by atoms with Gasteiger partial charge in [0, 0.05) is 47.7 Å². The SMILES string of the molecule is C=CC[C@]1(C(=O)NCc2ccccc2)N=C(c2ccc(OCCCO)cc2)O[C@H]1c1ccccc1N=[N+]=[N-]. The van der Waals surface area contributed by atoms with E-state index in [1.165, 1.54) is 0 Å². The topological polar surface area (TPSA) is 129 Å². The molecular weight excluding hydrogens is 482 g/mol. The minimum Gasteiger partial charge on any atom is -0.494 e. The van der Waals surface area contributed by atoms with Crippen molar-refractivity contribution in [1.82, 2.24) is 5.32 Å². The molecule has 1 aliphatic rings. The Kier molecular flexibility index (Phi) is 8.77. The molecule has 0 fully saturated rings. The van der Waals surface area contributed by atoms with Gasteiger partial charge in [0.2, 0.25) is 5.90 Å². The van der Waals surface area contributed by atoms with Gasteiger partial charge in [-0.3, -0.25) is 4.79 Å². The lowest BCUT2D eigenvalue weighted by Gasteiger charge is -2.30. The van der Waals surface area contributed by atoms with Crippen LogP contribution in [0.5, 0.6) is 5.75 Å². The Hall–Kier alpha value is -4.59. The van der Waals surface area contributed by atoms with Gasteiger partial charge in [0.15, 0.2) is 11.6 Å². The van der Waals surface area contributed by atoms with E-state index in [4.69, 9.17) is 25.1 Å². The van der Waals surface area contributed by atoms with Gasteiger partial charge in [-0.1, -0.05) is 65.8 Å². The first-order chi connectivity index (χ1) is 18.6. The summed E-state index contributed by atoms with van der Waals surface area (Å²) < 4.78 is 12.0. The predicted molar refractivity (Wildman–Crippen MR) is 145 cm³/mol. The molecule has 4 rings (SSSR count). The molecule has 9 heteroatoms. The van der Waals surface area contributed by atoms with Crippen LogP contribution in [0.2, 0.25) is 0 Å². The number of aliphatic hydroxyl groups excluding tert-OH is 1. The number of carbonyl (C=O) groups excluding carboxylic acids is 1. The number of aliphatic imine (C=N–C) groups is 1. The number of azide groups is 1. The standard InChI is InChI=1S/C29H29N5O4/c1-2-17-29(28(36)31-20-21-9-4-3-5-10-21)26(24-11-6-7-12-25(24)33-34-30)38-27(32-29)22-13-15-23(16-14-22)37-19-8-18-35/h2-7,9-16,26,35H,1,8,17-20H2,(H,31,36)/t26-,29-/m0/s1. The lowest BCUT2D eigenvalue weighted by Crippen LogP contribution is -2.47. The Morgan fingerprint density at radius 2 is 1.89 bits per heavy atom. The maximum atomic E-state index is 13.9. The highest BCUT2D eigenvalue weighted by molar-refractivity contribution is 6.01. The van der Waals surface area contributed by atoms with E-state index in [-0.39, 0.29) is 24.8 Å². The highest BCUT2D eigenvalue weighted by Gasteiger charge is 2.52. The molecule has 1 amide bonds. The molecular formula is C29H29N5O4. The number of rotatable bonds is 12. The summed E-state index contributed by atoms with van der Waals surface area (Å²) in [6, 6.07) is 23.8. The molecule has 3 aromatic rings. The van der Waals surface area contributed by atoms with E-state index in [9.17, 15) is 4.79 Å². The third-order valence-electron chi connectivity index (χ3n) is 6.15. The number of carbonyl (C=O) groups is 1. The second kappa shape index (κ2) is 12.6. The molecule has 0 aromatic heterocycles. The second-order valence-electron chi connectivity index (χ2n) is 8.70. The van der Waals surface area contributed by atoms with Crippen molar-refractivity contribution in [3.8, 4) is 5.75 Å². The van der Waals surface area contributed by atoms with E-state index >= 15 is 0 Å². The van der Waals surface area contributed by atoms with Crippen LogP contribution in [-0.4, -0.2) is 35.7 Å². The van der Waals surface area contributed by atoms with Crippen LogP contribution in [0.25, 0.3) is 10.4 Å². The van der Waals surface area contributed by atoms with E-state index in [1.807, 2.05) is 30.3 Å². The van der Waals surface area contributed by atoms with Gasteiger partial charge in [-0.2, -0.15) is 0 Å². The molecule has 3 aromatic carbocycles. The molecule has 0 unspecified atom stereocenters. The van der Waals surface area contributed by atoms with Crippen molar-refractivity contribution in [1.29, 1.82) is 0 Å². The fourth-order valence-corrected chi connectivity index (χ4v) is 4.29. The fourth-order valence-electron chi connectivity index (χ4n) is 4.29. The summed E-state index contributed by atoms with van der Waals surface area (Å²) in [6.45, 7) is 4.65. The number of benzene rings is 3. The maximum Gasteiger partial charge on any atom is 0.252 e. The van der Waals surface area contributed by atoms with Gasteiger partial charge in [-0.05, 0) is 35.4 Å². The zero-order valence-electron chi connectivity index (χ0n) is 20.9. The van der Waals surface area contributed by atoms with E-state index in [0.717, 1.165) is 5.56 Å². The Morgan fingerprint density at radius 3 is 2.61 bits per heavy atom. The molecule has 2 N–H and O–H groups in total. The normalized spacial score (nSPS) is 18.0. The highest BCUT2D eigenvalue weighted by atomic mass is 16.5. The van der Waals surface area contributed by atoms with Gasteiger partial charge >= 0.3 is 0 Å². The van der Waals surface area contributed by atoms with Crippen molar-refractivity contribution in [2.45, 2.75) is 31.0 Å². The number of amides is 1. The van der Waals surface area contributed by atoms with Gasteiger partial charge in [0.05, 0.1) is 6.61 Å². The fraction of sp³-hybridized carbons (Fsp3) is 0.241. The lowest BCUT2D eigenvalue weighted by atomic mass is 9.83. The van der Waals surface area contributed by atoms with Crippen LogP contribution in [0.3, 0.4) is 0 Å². The van der Waals surface area contributed by atoms with E-state index < -0.39 is 11.6 Å². The van der Waals surface area contributed by atoms with Crippen molar-refractivity contribution in [3.05, 3.63) is 119 Å². The van der Waals surface area contributed by atoms with Crippen LogP contribution in [-0.2, 0) is 16.1 Å². The predicted octanol–water partition coefficient (Wildman–Crippen LogP) is 5.54. The molecule has 0 saturated heterocycles. The van der Waals surface area contributed by atoms with E-state index in [2.05, 4.69) is 21.9 Å². The van der Waals surface area contributed by atoms with Gasteiger partial charge in [0.1, 0.15) is 5.75 Å². The molecule has 2 atom stereocenters. The Morgan fingerprint density at radius 1 is 1.16 bits per heavy atom. The van der Waals surface area contributed by atoms with Crippen LogP contribution in [0.15, 0.2) is 102 Å². The second-order valence-corrected chi connectivity index (χ2v) is 8.70. The lowest BCUT2D eigenvalue weighted by molar-refractivity contribution is -0.129. The van der Waals surface area contributed by atoms with Crippen LogP contribution in [0.4, 0.5) is 5.69 Å². The summed E-state index contributed by atoms with van der Waals surface area (Å²) in [5, 5.41) is 15.8. The largest absolute Gasteiger partial charge is 0.494 e. The molecule has 0 saturated carbocycles. The average molecular weight is 512 g/mol. The van der Waals surface area contributed by atoms with Crippen molar-refractivity contribution in [3.63, 3.8) is 0 Å². The third kappa shape index (κ3) is 5.86. The molecule has 0 radical (unpaired) electrons. The van der Waals surface area contributed by atoms with Gasteiger partial charge in [-0.25, -0.2) is 4.99 Å². The van der Waals surface area contributed by atoms with Crippen molar-refractivity contribution in [2.75, 3.05) is 13.2 Å². The summed E-state index contributed by atoms with van der Waals surface area (Å²) in [6.07, 6.45) is 1.49. The van der Waals surface area contributed by atoms with Crippen LogP contribution >= 0.6 is 0 Å². The minimum absolute atomic E-state index is 0.0547. The number of nitrogens with zero attached hydrogens (tertiary/aromatic N) is 4. The molecule has 0 aliphatic carbocycles. The number of aliphatic hydroxyl groups is 1. The quantitative estimate of drug-likeness (QED) is 0.109. The third-order valence-corrected chi connectivity index (χ3v) is 6.15. The van der Waals surface area contributed by atoms with Crippen molar-refractivity contribution in [2.24, 2.45) is 10.1 Å². The summed E-state index contributed by atoms with van der Waals surface area (Å²) in [7, 11) is 0. The molecule has 1 heterocycles. The zero-order chi connectivity index (χ0) is 26.8. The first-order valence-corrected chi connectivity index (χ1v) is 12.3. The number of hydrogen-bond donors (Lipinski definition) is 2. The van der Waals surface area contributed by atoms with Gasteiger partial charge in [0.25, 0.3) is 5.91 Å². The number of ether oxygens (including phenoxy) is 2. The zero-order valence-corrected chi connectivity index (χ0v) is 20.9. The number of hydrogen-bond acceptors (Lipinski definition) is 6. The van der Waals surface area contributed by atoms with Crippen LogP contribution in [0, 0.1) is 0 Å². The summed E-state index contributed by atoms with van der Waals surface area (Å²) in [5.41, 5.74) is 10.3. The van der Waals surface area contributed by atoms with Crippen LogP contribution < -0.4 is 10.1 Å². The van der Waals surface area contributed by atoms with Crippen molar-refractivity contribution < 1.29 is 19.4 Å². The Bertz CT molecular complexity index is 1340. The molecule has 1 aliphatic heterocycles. The van der Waals surface area contributed by atoms with Gasteiger partial charge in [-0.15, -0.1) is 6.58 Å². The highest BCUT2D eigenvalue weighted by Crippen LogP contribution is 2.45. The summed E-state index contributed by atoms with van der Waals surface area (Å²) in [4.78, 5) is 21.7. The Labute approximate surface area is 221 Å². The molecule has 194 valence electrons. The summed E-state index contributed by atoms with van der Waals surface area (Å²) in [5.74, 6) is 0.592. The smallest absolute Gasteiger partial charge is 0.252 e.